The first-order chi connectivity index (χ1) is 8.25. The van der Waals surface area contributed by atoms with Crippen LogP contribution in [0, 0.1) is 6.92 Å². The molecule has 2 aromatic rings. The molecule has 0 saturated carbocycles. The van der Waals surface area contributed by atoms with E-state index < -0.39 is 0 Å². The Morgan fingerprint density at radius 1 is 1.24 bits per heavy atom. The van der Waals surface area contributed by atoms with E-state index in [2.05, 4.69) is 15.8 Å². The number of amides is 1. The molecule has 0 unspecified atom stereocenters. The predicted octanol–water partition coefficient (Wildman–Crippen LogP) is 2.15. The van der Waals surface area contributed by atoms with Crippen molar-refractivity contribution in [2.75, 3.05) is 5.43 Å². The number of nitrogens with zero attached hydrogens (tertiary/aromatic N) is 1. The molecule has 1 heterocycles. The third-order valence-corrected chi connectivity index (χ3v) is 2.26. The largest absolute Gasteiger partial charge is 0.298 e. The first-order valence-electron chi connectivity index (χ1n) is 5.29. The number of carbonyl (C=O) groups is 1. The normalized spacial score (nSPS) is 9.71. The van der Waals surface area contributed by atoms with Crippen molar-refractivity contribution in [1.82, 2.24) is 10.4 Å². The smallest absolute Gasteiger partial charge is 0.271 e. The number of hydrogen-bond acceptors (Lipinski definition) is 3. The van der Waals surface area contributed by atoms with Gasteiger partial charge in [-0.3, -0.25) is 20.6 Å². The lowest BCUT2D eigenvalue weighted by Crippen LogP contribution is -2.29. The summed E-state index contributed by atoms with van der Waals surface area (Å²) in [5, 5.41) is 0. The van der Waals surface area contributed by atoms with Crippen molar-refractivity contribution in [3.63, 3.8) is 0 Å². The van der Waals surface area contributed by atoms with E-state index in [-0.39, 0.29) is 5.91 Å². The van der Waals surface area contributed by atoms with Gasteiger partial charge in [0.1, 0.15) is 0 Å². The summed E-state index contributed by atoms with van der Waals surface area (Å²) in [6.07, 6.45) is 3.15. The van der Waals surface area contributed by atoms with Gasteiger partial charge >= 0.3 is 0 Å². The molecule has 0 aliphatic heterocycles. The molecule has 1 aromatic carbocycles. The third-order valence-electron chi connectivity index (χ3n) is 2.26. The van der Waals surface area contributed by atoms with E-state index in [1.165, 1.54) is 6.20 Å². The van der Waals surface area contributed by atoms with Crippen molar-refractivity contribution in [3.05, 3.63) is 59.9 Å². The standard InChI is InChI=1S/C13H13N3O/c1-10-4-2-6-12(8-10)15-16-13(17)11-5-3-7-14-9-11/h2-9,15H,1H3,(H,16,17). The molecule has 0 saturated heterocycles. The van der Waals surface area contributed by atoms with E-state index in [0.717, 1.165) is 11.3 Å². The number of aryl methyl sites for hydroxylation is 1. The molecule has 0 radical (unpaired) electrons. The van der Waals surface area contributed by atoms with Gasteiger partial charge in [-0.05, 0) is 36.8 Å². The highest BCUT2D eigenvalue weighted by atomic mass is 16.2. The second kappa shape index (κ2) is 5.12. The average molecular weight is 227 g/mol. The van der Waals surface area contributed by atoms with Gasteiger partial charge in [-0.2, -0.15) is 0 Å². The summed E-state index contributed by atoms with van der Waals surface area (Å²) >= 11 is 0. The first-order valence-corrected chi connectivity index (χ1v) is 5.29. The minimum atomic E-state index is -0.209. The molecular formula is C13H13N3O. The Bertz CT molecular complexity index is 511. The Kier molecular flexibility index (Phi) is 3.35. The summed E-state index contributed by atoms with van der Waals surface area (Å²) in [6.45, 7) is 1.99. The Morgan fingerprint density at radius 2 is 2.12 bits per heavy atom. The van der Waals surface area contributed by atoms with Crippen molar-refractivity contribution in [2.45, 2.75) is 6.92 Å². The van der Waals surface area contributed by atoms with Crippen LogP contribution in [0.15, 0.2) is 48.8 Å². The van der Waals surface area contributed by atoms with Crippen molar-refractivity contribution < 1.29 is 4.79 Å². The maximum atomic E-state index is 11.7. The summed E-state index contributed by atoms with van der Waals surface area (Å²) < 4.78 is 0. The van der Waals surface area contributed by atoms with Crippen LogP contribution in [0.4, 0.5) is 5.69 Å². The number of anilines is 1. The lowest BCUT2D eigenvalue weighted by atomic mass is 10.2. The van der Waals surface area contributed by atoms with Crippen LogP contribution in [0.2, 0.25) is 0 Å². The minimum Gasteiger partial charge on any atom is -0.298 e. The molecule has 2 N–H and O–H groups in total. The molecule has 0 atom stereocenters. The number of hydrazine groups is 1. The second-order valence-electron chi connectivity index (χ2n) is 3.69. The first kappa shape index (κ1) is 11.1. The predicted molar refractivity (Wildman–Crippen MR) is 66.5 cm³/mol. The quantitative estimate of drug-likeness (QED) is 0.790. The van der Waals surface area contributed by atoms with E-state index in [1.54, 1.807) is 18.3 Å². The van der Waals surface area contributed by atoms with Gasteiger partial charge in [0.2, 0.25) is 0 Å². The van der Waals surface area contributed by atoms with Crippen molar-refractivity contribution in [1.29, 1.82) is 0 Å². The SMILES string of the molecule is Cc1cccc(NNC(=O)c2cccnc2)c1. The number of aromatic nitrogens is 1. The molecule has 17 heavy (non-hydrogen) atoms. The lowest BCUT2D eigenvalue weighted by molar-refractivity contribution is 0.0962. The van der Waals surface area contributed by atoms with Crippen LogP contribution in [0.25, 0.3) is 0 Å². The maximum Gasteiger partial charge on any atom is 0.271 e. The Balaban J connectivity index is 1.97. The summed E-state index contributed by atoms with van der Waals surface area (Å²) in [5.74, 6) is -0.209. The van der Waals surface area contributed by atoms with Crippen LogP contribution in [0.1, 0.15) is 15.9 Å². The molecule has 0 fully saturated rings. The zero-order valence-electron chi connectivity index (χ0n) is 9.47. The molecule has 4 heteroatoms. The Hall–Kier alpha value is -2.36. The van der Waals surface area contributed by atoms with Gasteiger partial charge < -0.3 is 0 Å². The zero-order chi connectivity index (χ0) is 12.1. The van der Waals surface area contributed by atoms with Crippen molar-refractivity contribution in [3.8, 4) is 0 Å². The maximum absolute atomic E-state index is 11.7. The molecule has 86 valence electrons. The van der Waals surface area contributed by atoms with E-state index in [1.807, 2.05) is 31.2 Å². The Morgan fingerprint density at radius 3 is 2.82 bits per heavy atom. The topological polar surface area (TPSA) is 54.0 Å². The number of nitrogens with one attached hydrogen (secondary N) is 2. The molecular weight excluding hydrogens is 214 g/mol. The van der Waals surface area contributed by atoms with Gasteiger partial charge in [0.15, 0.2) is 0 Å². The molecule has 0 spiro atoms. The molecule has 4 nitrogen and oxygen atoms in total. The molecule has 0 aliphatic carbocycles. The van der Waals surface area contributed by atoms with Crippen LogP contribution >= 0.6 is 0 Å². The monoisotopic (exact) mass is 227 g/mol. The van der Waals surface area contributed by atoms with Crippen LogP contribution in [-0.2, 0) is 0 Å². The second-order valence-corrected chi connectivity index (χ2v) is 3.69. The number of hydrogen-bond donors (Lipinski definition) is 2. The van der Waals surface area contributed by atoms with Crippen LogP contribution < -0.4 is 10.9 Å². The van der Waals surface area contributed by atoms with Crippen LogP contribution in [0.3, 0.4) is 0 Å². The number of rotatable bonds is 3. The number of pyridine rings is 1. The average Bonchev–Trinajstić information content (AvgIpc) is 2.37. The summed E-state index contributed by atoms with van der Waals surface area (Å²) in [5.41, 5.74) is 7.97. The van der Waals surface area contributed by atoms with Gasteiger partial charge in [-0.15, -0.1) is 0 Å². The van der Waals surface area contributed by atoms with E-state index >= 15 is 0 Å². The zero-order valence-corrected chi connectivity index (χ0v) is 9.47. The van der Waals surface area contributed by atoms with Gasteiger partial charge in [0.05, 0.1) is 11.3 Å². The molecule has 1 aromatic heterocycles. The molecule has 0 bridgehead atoms. The van der Waals surface area contributed by atoms with E-state index in [4.69, 9.17) is 0 Å². The van der Waals surface area contributed by atoms with Crippen LogP contribution in [-0.4, -0.2) is 10.9 Å². The van der Waals surface area contributed by atoms with Gasteiger partial charge in [-0.25, -0.2) is 0 Å². The number of carbonyl (C=O) groups excluding carboxylic acids is 1. The highest BCUT2D eigenvalue weighted by molar-refractivity contribution is 5.94. The summed E-state index contributed by atoms with van der Waals surface area (Å²) in [4.78, 5) is 15.6. The van der Waals surface area contributed by atoms with Crippen molar-refractivity contribution >= 4 is 11.6 Å². The van der Waals surface area contributed by atoms with E-state index in [9.17, 15) is 4.79 Å². The highest BCUT2D eigenvalue weighted by Crippen LogP contribution is 2.08. The number of benzene rings is 1. The van der Waals surface area contributed by atoms with Crippen LogP contribution in [0.5, 0.6) is 0 Å². The summed E-state index contributed by atoms with van der Waals surface area (Å²) in [7, 11) is 0. The lowest BCUT2D eigenvalue weighted by Gasteiger charge is -2.08. The fourth-order valence-electron chi connectivity index (χ4n) is 1.42. The molecule has 1 amide bonds. The van der Waals surface area contributed by atoms with Crippen molar-refractivity contribution in [2.24, 2.45) is 0 Å². The van der Waals surface area contributed by atoms with Gasteiger partial charge in [-0.1, -0.05) is 12.1 Å². The fourth-order valence-corrected chi connectivity index (χ4v) is 1.42. The Labute approximate surface area is 99.7 Å². The fraction of sp³-hybridized carbons (Fsp3) is 0.0769. The highest BCUT2D eigenvalue weighted by Gasteiger charge is 2.03. The molecule has 0 aliphatic rings. The van der Waals surface area contributed by atoms with E-state index in [0.29, 0.717) is 5.56 Å². The van der Waals surface area contributed by atoms with Gasteiger partial charge in [0.25, 0.3) is 5.91 Å². The minimum absolute atomic E-state index is 0.209. The third kappa shape index (κ3) is 3.04. The summed E-state index contributed by atoms with van der Waals surface area (Å²) in [6, 6.07) is 11.2. The van der Waals surface area contributed by atoms with Gasteiger partial charge in [0, 0.05) is 12.4 Å². The molecule has 2 rings (SSSR count).